The Hall–Kier alpha value is -2.25. The summed E-state index contributed by atoms with van der Waals surface area (Å²) in [6, 6.07) is 17.5. The number of anilines is 1. The van der Waals surface area contributed by atoms with E-state index in [4.69, 9.17) is 5.26 Å². The zero-order chi connectivity index (χ0) is 15.8. The molecule has 0 spiro atoms. The molecule has 0 aliphatic carbocycles. The predicted molar refractivity (Wildman–Crippen MR) is 91.8 cm³/mol. The van der Waals surface area contributed by atoms with Crippen LogP contribution < -0.4 is 5.32 Å². The van der Waals surface area contributed by atoms with Crippen molar-refractivity contribution in [2.24, 2.45) is 0 Å². The van der Waals surface area contributed by atoms with Crippen molar-refractivity contribution in [3.8, 4) is 6.07 Å². The Bertz CT molecular complexity index is 691. The third kappa shape index (κ3) is 4.64. The van der Waals surface area contributed by atoms with Gasteiger partial charge in [0.15, 0.2) is 0 Å². The van der Waals surface area contributed by atoms with Gasteiger partial charge < -0.3 is 5.32 Å². The van der Waals surface area contributed by atoms with Crippen molar-refractivity contribution in [2.45, 2.75) is 19.1 Å². The van der Waals surface area contributed by atoms with Gasteiger partial charge in [0, 0.05) is 11.4 Å². The molecular formula is C18H18N2OS. The number of nitrogens with zero attached hydrogens (tertiary/aromatic N) is 1. The van der Waals surface area contributed by atoms with Crippen LogP contribution in [-0.4, -0.2) is 11.7 Å². The van der Waals surface area contributed by atoms with E-state index in [2.05, 4.69) is 18.3 Å². The first-order chi connectivity index (χ1) is 10.7. The molecule has 0 fully saturated rings. The zero-order valence-electron chi connectivity index (χ0n) is 12.5. The highest BCUT2D eigenvalue weighted by Crippen LogP contribution is 2.17. The number of thioether (sulfide) groups is 1. The molecule has 2 rings (SSSR count). The molecule has 2 aromatic rings. The molecule has 1 amide bonds. The van der Waals surface area contributed by atoms with E-state index < -0.39 is 0 Å². The van der Waals surface area contributed by atoms with Crippen molar-refractivity contribution in [3.05, 3.63) is 65.2 Å². The van der Waals surface area contributed by atoms with Crippen LogP contribution in [0.25, 0.3) is 0 Å². The van der Waals surface area contributed by atoms with Crippen LogP contribution in [0, 0.1) is 11.3 Å². The first-order valence-corrected chi connectivity index (χ1v) is 8.33. The van der Waals surface area contributed by atoms with Gasteiger partial charge in [-0.15, -0.1) is 11.8 Å². The molecule has 0 aliphatic rings. The number of aryl methyl sites for hydroxylation is 1. The molecule has 0 atom stereocenters. The van der Waals surface area contributed by atoms with Gasteiger partial charge in [-0.05, 0) is 35.7 Å². The van der Waals surface area contributed by atoms with Crippen molar-refractivity contribution >= 4 is 23.4 Å². The lowest BCUT2D eigenvalue weighted by Gasteiger charge is -2.07. The Kier molecular flexibility index (Phi) is 6.05. The highest BCUT2D eigenvalue weighted by Gasteiger charge is 2.05. The molecule has 0 aliphatic heterocycles. The van der Waals surface area contributed by atoms with Crippen molar-refractivity contribution in [1.29, 1.82) is 5.26 Å². The Morgan fingerprint density at radius 3 is 2.82 bits per heavy atom. The monoisotopic (exact) mass is 310 g/mol. The number of rotatable bonds is 6. The lowest BCUT2D eigenvalue weighted by Crippen LogP contribution is -2.14. The quantitative estimate of drug-likeness (QED) is 0.877. The fourth-order valence-electron chi connectivity index (χ4n) is 2.08. The van der Waals surface area contributed by atoms with Crippen molar-refractivity contribution in [2.75, 3.05) is 11.1 Å². The van der Waals surface area contributed by atoms with E-state index in [0.29, 0.717) is 17.1 Å². The molecule has 0 unspecified atom stereocenters. The number of amides is 1. The van der Waals surface area contributed by atoms with E-state index in [9.17, 15) is 4.79 Å². The summed E-state index contributed by atoms with van der Waals surface area (Å²) >= 11 is 1.51. The minimum atomic E-state index is -0.0207. The van der Waals surface area contributed by atoms with Crippen LogP contribution in [0.4, 0.5) is 5.69 Å². The van der Waals surface area contributed by atoms with Crippen LogP contribution in [0.1, 0.15) is 23.6 Å². The third-order valence-electron chi connectivity index (χ3n) is 3.25. The van der Waals surface area contributed by atoms with E-state index in [0.717, 1.165) is 17.7 Å². The number of nitriles is 1. The molecule has 0 saturated heterocycles. The standard InChI is InChI=1S/C18H18N2OS/c1-2-14-6-5-9-17(10-14)20-18(21)13-22-12-16-8-4-3-7-15(16)11-19/h3-10H,2,12-13H2,1H3,(H,20,21). The van der Waals surface area contributed by atoms with Crippen LogP contribution in [0.5, 0.6) is 0 Å². The van der Waals surface area contributed by atoms with Gasteiger partial charge in [-0.3, -0.25) is 4.79 Å². The van der Waals surface area contributed by atoms with E-state index in [-0.39, 0.29) is 5.91 Å². The summed E-state index contributed by atoms with van der Waals surface area (Å²) in [5.74, 6) is 1.01. The molecule has 112 valence electrons. The summed E-state index contributed by atoms with van der Waals surface area (Å²) in [5.41, 5.74) is 3.68. The van der Waals surface area contributed by atoms with Gasteiger partial charge in [0.05, 0.1) is 17.4 Å². The topological polar surface area (TPSA) is 52.9 Å². The van der Waals surface area contributed by atoms with Gasteiger partial charge in [0.1, 0.15) is 0 Å². The van der Waals surface area contributed by atoms with Crippen LogP contribution in [0.2, 0.25) is 0 Å². The number of benzene rings is 2. The Morgan fingerprint density at radius 1 is 1.23 bits per heavy atom. The van der Waals surface area contributed by atoms with Gasteiger partial charge in [-0.25, -0.2) is 0 Å². The normalized spacial score (nSPS) is 10.0. The second kappa shape index (κ2) is 8.26. The second-order valence-corrected chi connectivity index (χ2v) is 5.85. The smallest absolute Gasteiger partial charge is 0.234 e. The minimum Gasteiger partial charge on any atom is -0.325 e. The van der Waals surface area contributed by atoms with Crippen LogP contribution in [0.3, 0.4) is 0 Å². The Morgan fingerprint density at radius 2 is 2.05 bits per heavy atom. The number of nitrogens with one attached hydrogen (secondary N) is 1. The van der Waals surface area contributed by atoms with Crippen LogP contribution >= 0.6 is 11.8 Å². The molecule has 22 heavy (non-hydrogen) atoms. The molecule has 4 heteroatoms. The number of carbonyl (C=O) groups excluding carboxylic acids is 1. The van der Waals surface area contributed by atoms with Crippen molar-refractivity contribution in [3.63, 3.8) is 0 Å². The zero-order valence-corrected chi connectivity index (χ0v) is 13.3. The van der Waals surface area contributed by atoms with Gasteiger partial charge in [0.25, 0.3) is 0 Å². The molecule has 2 aromatic carbocycles. The van der Waals surface area contributed by atoms with Gasteiger partial charge in [0.2, 0.25) is 5.91 Å². The maximum atomic E-state index is 12.0. The largest absolute Gasteiger partial charge is 0.325 e. The molecule has 0 radical (unpaired) electrons. The van der Waals surface area contributed by atoms with Gasteiger partial charge in [-0.2, -0.15) is 5.26 Å². The maximum absolute atomic E-state index is 12.0. The molecule has 0 heterocycles. The average Bonchev–Trinajstić information content (AvgIpc) is 2.55. The van der Waals surface area contributed by atoms with Crippen LogP contribution in [0.15, 0.2) is 48.5 Å². The fraction of sp³-hybridized carbons (Fsp3) is 0.222. The fourth-order valence-corrected chi connectivity index (χ4v) is 2.91. The number of carbonyl (C=O) groups is 1. The van der Waals surface area contributed by atoms with E-state index in [1.54, 1.807) is 6.07 Å². The van der Waals surface area contributed by atoms with Gasteiger partial charge in [-0.1, -0.05) is 37.3 Å². The highest BCUT2D eigenvalue weighted by molar-refractivity contribution is 7.99. The molecule has 0 saturated carbocycles. The summed E-state index contributed by atoms with van der Waals surface area (Å²) in [6.45, 7) is 2.09. The summed E-state index contributed by atoms with van der Waals surface area (Å²) in [4.78, 5) is 12.0. The second-order valence-electron chi connectivity index (χ2n) is 4.86. The summed E-state index contributed by atoms with van der Waals surface area (Å²) in [7, 11) is 0. The first kappa shape index (κ1) is 16.1. The third-order valence-corrected chi connectivity index (χ3v) is 4.23. The Balaban J connectivity index is 1.84. The number of hydrogen-bond donors (Lipinski definition) is 1. The summed E-state index contributed by atoms with van der Waals surface area (Å²) < 4.78 is 0. The lowest BCUT2D eigenvalue weighted by atomic mass is 10.1. The first-order valence-electron chi connectivity index (χ1n) is 7.17. The minimum absolute atomic E-state index is 0.0207. The van der Waals surface area contributed by atoms with Crippen LogP contribution in [-0.2, 0) is 17.0 Å². The van der Waals surface area contributed by atoms with E-state index in [1.807, 2.05) is 42.5 Å². The van der Waals surface area contributed by atoms with E-state index in [1.165, 1.54) is 17.3 Å². The molecule has 1 N–H and O–H groups in total. The summed E-state index contributed by atoms with van der Waals surface area (Å²) in [5, 5.41) is 11.9. The molecule has 0 bridgehead atoms. The SMILES string of the molecule is CCc1cccc(NC(=O)CSCc2ccccc2C#N)c1. The predicted octanol–water partition coefficient (Wildman–Crippen LogP) is 3.99. The Labute approximate surface area is 135 Å². The van der Waals surface area contributed by atoms with Crippen molar-refractivity contribution in [1.82, 2.24) is 0 Å². The molecule has 0 aromatic heterocycles. The maximum Gasteiger partial charge on any atom is 0.234 e. The van der Waals surface area contributed by atoms with Gasteiger partial charge >= 0.3 is 0 Å². The highest BCUT2D eigenvalue weighted by atomic mass is 32.2. The number of hydrogen-bond acceptors (Lipinski definition) is 3. The van der Waals surface area contributed by atoms with E-state index >= 15 is 0 Å². The molecular weight excluding hydrogens is 292 g/mol. The average molecular weight is 310 g/mol. The lowest BCUT2D eigenvalue weighted by molar-refractivity contribution is -0.113. The van der Waals surface area contributed by atoms with Crippen molar-refractivity contribution < 1.29 is 4.79 Å². The molecule has 3 nitrogen and oxygen atoms in total. The summed E-state index contributed by atoms with van der Waals surface area (Å²) in [6.07, 6.45) is 0.948.